The minimum atomic E-state index is -0.144. The number of hydrogen-bond acceptors (Lipinski definition) is 4. The molecule has 0 aliphatic rings. The van der Waals surface area contributed by atoms with Crippen LogP contribution in [0.1, 0.15) is 12.0 Å². The molecule has 0 aliphatic heterocycles. The molecular weight excluding hydrogens is 338 g/mol. The zero-order valence-electron chi connectivity index (χ0n) is 15.1. The second-order valence-electron chi connectivity index (χ2n) is 6.13. The van der Waals surface area contributed by atoms with E-state index in [0.717, 1.165) is 35.0 Å². The van der Waals surface area contributed by atoms with Gasteiger partial charge in [-0.25, -0.2) is 0 Å². The predicted octanol–water partition coefficient (Wildman–Crippen LogP) is 3.83. The van der Waals surface area contributed by atoms with Crippen molar-refractivity contribution in [1.29, 1.82) is 5.41 Å². The van der Waals surface area contributed by atoms with Gasteiger partial charge in [-0.05, 0) is 36.1 Å². The first kappa shape index (κ1) is 18.5. The minimum absolute atomic E-state index is 0.0277. The Morgan fingerprint density at radius 2 is 1.67 bits per heavy atom. The Morgan fingerprint density at radius 1 is 0.926 bits per heavy atom. The summed E-state index contributed by atoms with van der Waals surface area (Å²) in [5.41, 5.74) is 1.90. The highest BCUT2D eigenvalue weighted by Crippen LogP contribution is 2.27. The van der Waals surface area contributed by atoms with Crippen LogP contribution >= 0.6 is 0 Å². The molecule has 5 heteroatoms. The number of para-hydroxylation sites is 1. The summed E-state index contributed by atoms with van der Waals surface area (Å²) in [4.78, 5) is 12.0. The lowest BCUT2D eigenvalue weighted by molar-refractivity contribution is -0.123. The van der Waals surface area contributed by atoms with Crippen molar-refractivity contribution in [3.63, 3.8) is 0 Å². The van der Waals surface area contributed by atoms with Crippen LogP contribution in [-0.4, -0.2) is 31.8 Å². The number of amides is 1. The first-order chi connectivity index (χ1) is 13.3. The lowest BCUT2D eigenvalue weighted by Crippen LogP contribution is -2.30. The van der Waals surface area contributed by atoms with Gasteiger partial charge in [-0.2, -0.15) is 0 Å². The van der Waals surface area contributed by atoms with Crippen LogP contribution in [-0.2, 0) is 4.79 Å². The Balaban J connectivity index is 1.44. The van der Waals surface area contributed by atoms with Gasteiger partial charge in [-0.15, -0.1) is 0 Å². The fourth-order valence-electron chi connectivity index (χ4n) is 2.85. The molecular formula is C22H23N3O2. The van der Waals surface area contributed by atoms with Crippen molar-refractivity contribution in [1.82, 2.24) is 5.32 Å². The average Bonchev–Trinajstić information content (AvgIpc) is 2.72. The van der Waals surface area contributed by atoms with E-state index in [-0.39, 0.29) is 12.5 Å². The molecule has 0 heterocycles. The summed E-state index contributed by atoms with van der Waals surface area (Å²) in [6.07, 6.45) is 2.15. The van der Waals surface area contributed by atoms with Gasteiger partial charge in [-0.3, -0.25) is 4.79 Å². The Labute approximate surface area is 158 Å². The molecule has 0 atom stereocenters. The molecule has 5 nitrogen and oxygen atoms in total. The first-order valence-electron chi connectivity index (χ1n) is 8.98. The number of rotatable bonds is 9. The number of nitrogens with one attached hydrogen (secondary N) is 3. The Bertz CT molecular complexity index is 910. The topological polar surface area (TPSA) is 74.2 Å². The standard InChI is InChI=1S/C22H23N3O2/c23-15-17-11-12-21(20-10-5-4-9-19(17)20)27-16-22(26)25-14-6-13-24-18-7-2-1-3-8-18/h1-5,7-12,15,23-24H,6,13-14,16H2,(H,25,26). The maximum absolute atomic E-state index is 12.0. The molecule has 3 aromatic carbocycles. The van der Waals surface area contributed by atoms with E-state index in [1.54, 1.807) is 6.07 Å². The van der Waals surface area contributed by atoms with E-state index < -0.39 is 0 Å². The second kappa shape index (κ2) is 9.38. The molecule has 0 bridgehead atoms. The van der Waals surface area contributed by atoms with Crippen molar-refractivity contribution in [2.45, 2.75) is 6.42 Å². The number of carbonyl (C=O) groups excluding carboxylic acids is 1. The molecule has 0 aliphatic carbocycles. The second-order valence-corrected chi connectivity index (χ2v) is 6.13. The molecule has 0 fully saturated rings. The van der Waals surface area contributed by atoms with Gasteiger partial charge in [-0.1, -0.05) is 42.5 Å². The number of carbonyl (C=O) groups is 1. The number of benzene rings is 3. The number of hydrogen-bond donors (Lipinski definition) is 3. The van der Waals surface area contributed by atoms with Gasteiger partial charge in [0.2, 0.25) is 0 Å². The third-order valence-electron chi connectivity index (χ3n) is 4.21. The summed E-state index contributed by atoms with van der Waals surface area (Å²) >= 11 is 0. The molecule has 3 aromatic rings. The van der Waals surface area contributed by atoms with Gasteiger partial charge >= 0.3 is 0 Å². The fraction of sp³-hybridized carbons (Fsp3) is 0.182. The summed E-state index contributed by atoms with van der Waals surface area (Å²) < 4.78 is 5.70. The van der Waals surface area contributed by atoms with Gasteiger partial charge in [0.15, 0.2) is 6.61 Å². The van der Waals surface area contributed by atoms with Crippen LogP contribution in [0.2, 0.25) is 0 Å². The number of ether oxygens (including phenoxy) is 1. The van der Waals surface area contributed by atoms with Crippen molar-refractivity contribution in [2.75, 3.05) is 25.0 Å². The van der Waals surface area contributed by atoms with Crippen molar-refractivity contribution in [3.8, 4) is 5.75 Å². The van der Waals surface area contributed by atoms with Crippen LogP contribution in [0.4, 0.5) is 5.69 Å². The molecule has 3 N–H and O–H groups in total. The quantitative estimate of drug-likeness (QED) is 0.400. The maximum atomic E-state index is 12.0. The van der Waals surface area contributed by atoms with Gasteiger partial charge in [0, 0.05) is 35.9 Å². The van der Waals surface area contributed by atoms with Crippen LogP contribution in [0.25, 0.3) is 10.8 Å². The van der Waals surface area contributed by atoms with Crippen LogP contribution < -0.4 is 15.4 Å². The summed E-state index contributed by atoms with van der Waals surface area (Å²) in [6, 6.07) is 21.3. The number of anilines is 1. The van der Waals surface area contributed by atoms with E-state index in [4.69, 9.17) is 10.1 Å². The first-order valence-corrected chi connectivity index (χ1v) is 8.98. The average molecular weight is 361 g/mol. The molecule has 138 valence electrons. The molecule has 0 spiro atoms. The van der Waals surface area contributed by atoms with Crippen LogP contribution in [0.5, 0.6) is 5.75 Å². The van der Waals surface area contributed by atoms with Crippen molar-refractivity contribution in [3.05, 3.63) is 72.3 Å². The molecule has 27 heavy (non-hydrogen) atoms. The Hall–Kier alpha value is -3.34. The van der Waals surface area contributed by atoms with Crippen LogP contribution in [0.3, 0.4) is 0 Å². The third-order valence-corrected chi connectivity index (χ3v) is 4.21. The normalized spacial score (nSPS) is 10.4. The molecule has 0 saturated heterocycles. The largest absolute Gasteiger partial charge is 0.483 e. The highest BCUT2D eigenvalue weighted by atomic mass is 16.5. The molecule has 0 radical (unpaired) electrons. The maximum Gasteiger partial charge on any atom is 0.257 e. The zero-order chi connectivity index (χ0) is 18.9. The predicted molar refractivity (Wildman–Crippen MR) is 110 cm³/mol. The van der Waals surface area contributed by atoms with Crippen molar-refractivity contribution < 1.29 is 9.53 Å². The van der Waals surface area contributed by atoms with E-state index >= 15 is 0 Å². The minimum Gasteiger partial charge on any atom is -0.483 e. The zero-order valence-corrected chi connectivity index (χ0v) is 15.1. The third kappa shape index (κ3) is 5.07. The molecule has 0 unspecified atom stereocenters. The van der Waals surface area contributed by atoms with Crippen LogP contribution in [0, 0.1) is 5.41 Å². The summed E-state index contributed by atoms with van der Waals surface area (Å²) in [5.74, 6) is 0.506. The van der Waals surface area contributed by atoms with Crippen molar-refractivity contribution >= 4 is 28.6 Å². The molecule has 1 amide bonds. The molecule has 3 rings (SSSR count). The lowest BCUT2D eigenvalue weighted by Gasteiger charge is -2.11. The fourth-order valence-corrected chi connectivity index (χ4v) is 2.85. The van der Waals surface area contributed by atoms with E-state index in [0.29, 0.717) is 12.3 Å². The highest BCUT2D eigenvalue weighted by molar-refractivity contribution is 6.01. The SMILES string of the molecule is N=Cc1ccc(OCC(=O)NCCCNc2ccccc2)c2ccccc12. The van der Waals surface area contributed by atoms with E-state index in [1.807, 2.05) is 60.7 Å². The van der Waals surface area contributed by atoms with E-state index in [1.165, 1.54) is 6.21 Å². The van der Waals surface area contributed by atoms with Gasteiger partial charge in [0.05, 0.1) is 0 Å². The summed E-state index contributed by atoms with van der Waals surface area (Å²) in [5, 5.41) is 15.5. The summed E-state index contributed by atoms with van der Waals surface area (Å²) in [7, 11) is 0. The van der Waals surface area contributed by atoms with Gasteiger partial charge in [0.1, 0.15) is 5.75 Å². The molecule has 0 saturated carbocycles. The highest BCUT2D eigenvalue weighted by Gasteiger charge is 2.07. The monoisotopic (exact) mass is 361 g/mol. The Morgan fingerprint density at radius 3 is 2.44 bits per heavy atom. The molecule has 0 aromatic heterocycles. The van der Waals surface area contributed by atoms with Crippen LogP contribution in [0.15, 0.2) is 66.7 Å². The smallest absolute Gasteiger partial charge is 0.257 e. The van der Waals surface area contributed by atoms with E-state index in [2.05, 4.69) is 10.6 Å². The van der Waals surface area contributed by atoms with Gasteiger partial charge < -0.3 is 20.8 Å². The number of fused-ring (bicyclic) bond motifs is 1. The summed E-state index contributed by atoms with van der Waals surface area (Å²) in [6.45, 7) is 1.36. The van der Waals surface area contributed by atoms with Crippen molar-refractivity contribution in [2.24, 2.45) is 0 Å². The lowest BCUT2D eigenvalue weighted by atomic mass is 10.0. The van der Waals surface area contributed by atoms with E-state index in [9.17, 15) is 4.79 Å². The Kier molecular flexibility index (Phi) is 6.41. The van der Waals surface area contributed by atoms with Gasteiger partial charge in [0.25, 0.3) is 5.91 Å².